The van der Waals surface area contributed by atoms with Crippen LogP contribution in [0.15, 0.2) is 24.3 Å². The molecule has 3 saturated heterocycles. The highest BCUT2D eigenvalue weighted by Crippen LogP contribution is 2.35. The number of nitrogens with zero attached hydrogens (tertiary/aromatic N) is 1. The largest absolute Gasteiger partial charge is 0.336 e. The molecule has 0 aliphatic carbocycles. The van der Waals surface area contributed by atoms with Crippen LogP contribution in [0.5, 0.6) is 0 Å². The zero-order valence-corrected chi connectivity index (χ0v) is 16.8. The van der Waals surface area contributed by atoms with E-state index in [-0.39, 0.29) is 18.4 Å². The van der Waals surface area contributed by atoms with Crippen LogP contribution < -0.4 is 5.32 Å². The monoisotopic (exact) mass is 376 g/mol. The lowest BCUT2D eigenvalue weighted by molar-refractivity contribution is -0.135. The van der Waals surface area contributed by atoms with Crippen LogP contribution in [0.25, 0.3) is 0 Å². The molecule has 3 unspecified atom stereocenters. The van der Waals surface area contributed by atoms with Gasteiger partial charge in [-0.2, -0.15) is 0 Å². The fourth-order valence-electron chi connectivity index (χ4n) is 5.34. The van der Waals surface area contributed by atoms with Crippen molar-refractivity contribution in [2.75, 3.05) is 6.54 Å². The van der Waals surface area contributed by atoms with Crippen molar-refractivity contribution in [2.45, 2.75) is 82.8 Å². The molecule has 2 bridgehead atoms. The number of rotatable bonds is 3. The molecule has 144 valence electrons. The van der Waals surface area contributed by atoms with Crippen molar-refractivity contribution < 1.29 is 4.79 Å². The molecule has 4 rings (SSSR count). The van der Waals surface area contributed by atoms with Gasteiger partial charge >= 0.3 is 0 Å². The predicted octanol–water partition coefficient (Wildman–Crippen LogP) is 4.78. The first-order valence-corrected chi connectivity index (χ1v) is 10.3. The van der Waals surface area contributed by atoms with Crippen LogP contribution in [0, 0.1) is 12.8 Å². The molecule has 26 heavy (non-hydrogen) atoms. The smallest absolute Gasteiger partial charge is 0.223 e. The van der Waals surface area contributed by atoms with Gasteiger partial charge in [-0.15, -0.1) is 12.4 Å². The molecule has 4 heteroatoms. The summed E-state index contributed by atoms with van der Waals surface area (Å²) in [4.78, 5) is 15.5. The van der Waals surface area contributed by atoms with E-state index in [1.54, 1.807) is 0 Å². The van der Waals surface area contributed by atoms with E-state index < -0.39 is 0 Å². The molecule has 0 radical (unpaired) electrons. The molecule has 0 aromatic heterocycles. The van der Waals surface area contributed by atoms with Gasteiger partial charge in [0.05, 0.1) is 6.04 Å². The Balaban J connectivity index is 0.00000196. The van der Waals surface area contributed by atoms with Gasteiger partial charge in [0.1, 0.15) is 0 Å². The minimum atomic E-state index is 0. The SMILES string of the molecule is Cc1cccc(C2CCCCCN2C(=O)CC2CC3CCC(C2)N3)c1.Cl. The fourth-order valence-corrected chi connectivity index (χ4v) is 5.34. The van der Waals surface area contributed by atoms with Crippen molar-refractivity contribution in [3.05, 3.63) is 35.4 Å². The van der Waals surface area contributed by atoms with Crippen LogP contribution >= 0.6 is 12.4 Å². The van der Waals surface area contributed by atoms with E-state index in [2.05, 4.69) is 41.4 Å². The normalized spacial score (nSPS) is 31.2. The summed E-state index contributed by atoms with van der Waals surface area (Å²) in [6.07, 6.45) is 10.5. The first-order valence-electron chi connectivity index (χ1n) is 10.3. The highest BCUT2D eigenvalue weighted by Gasteiger charge is 2.36. The van der Waals surface area contributed by atoms with Gasteiger partial charge in [0.25, 0.3) is 0 Å². The fraction of sp³-hybridized carbons (Fsp3) is 0.682. The summed E-state index contributed by atoms with van der Waals surface area (Å²) in [5.41, 5.74) is 2.63. The first kappa shape index (κ1) is 19.7. The number of piperidine rings is 1. The van der Waals surface area contributed by atoms with E-state index in [9.17, 15) is 4.79 Å². The molecule has 1 aromatic carbocycles. The van der Waals surface area contributed by atoms with Gasteiger partial charge in [-0.25, -0.2) is 0 Å². The molecular formula is C22H33ClN2O. The van der Waals surface area contributed by atoms with Crippen LogP contribution in [0.2, 0.25) is 0 Å². The van der Waals surface area contributed by atoms with Crippen molar-refractivity contribution in [1.82, 2.24) is 10.2 Å². The van der Waals surface area contributed by atoms with Gasteiger partial charge in [0, 0.05) is 25.0 Å². The number of likely N-dealkylation sites (tertiary alicyclic amines) is 1. The van der Waals surface area contributed by atoms with Gasteiger partial charge < -0.3 is 10.2 Å². The van der Waals surface area contributed by atoms with Crippen LogP contribution in [0.4, 0.5) is 0 Å². The number of hydrogen-bond acceptors (Lipinski definition) is 2. The van der Waals surface area contributed by atoms with E-state index in [4.69, 9.17) is 0 Å². The van der Waals surface area contributed by atoms with Crippen molar-refractivity contribution in [1.29, 1.82) is 0 Å². The van der Waals surface area contributed by atoms with Crippen molar-refractivity contribution in [3.63, 3.8) is 0 Å². The quantitative estimate of drug-likeness (QED) is 0.823. The number of aryl methyl sites for hydroxylation is 1. The van der Waals surface area contributed by atoms with Crippen molar-refractivity contribution in [2.24, 2.45) is 5.92 Å². The minimum absolute atomic E-state index is 0. The Morgan fingerprint density at radius 2 is 1.88 bits per heavy atom. The van der Waals surface area contributed by atoms with E-state index >= 15 is 0 Å². The number of hydrogen-bond donors (Lipinski definition) is 1. The molecule has 0 spiro atoms. The zero-order chi connectivity index (χ0) is 17.2. The number of carbonyl (C=O) groups is 1. The number of fused-ring (bicyclic) bond motifs is 2. The molecule has 0 saturated carbocycles. The summed E-state index contributed by atoms with van der Waals surface area (Å²) in [7, 11) is 0. The minimum Gasteiger partial charge on any atom is -0.336 e. The molecule has 3 aliphatic heterocycles. The molecule has 3 heterocycles. The highest BCUT2D eigenvalue weighted by molar-refractivity contribution is 5.85. The molecule has 1 aromatic rings. The molecule has 3 aliphatic rings. The van der Waals surface area contributed by atoms with Crippen LogP contribution in [-0.2, 0) is 4.79 Å². The highest BCUT2D eigenvalue weighted by atomic mass is 35.5. The Bertz CT molecular complexity index is 608. The summed E-state index contributed by atoms with van der Waals surface area (Å²) in [5.74, 6) is 0.993. The van der Waals surface area contributed by atoms with Gasteiger partial charge in [0.15, 0.2) is 0 Å². The maximum atomic E-state index is 13.2. The zero-order valence-electron chi connectivity index (χ0n) is 16.0. The predicted molar refractivity (Wildman–Crippen MR) is 109 cm³/mol. The first-order chi connectivity index (χ1) is 12.2. The Labute approximate surface area is 164 Å². The average Bonchev–Trinajstić information content (AvgIpc) is 2.81. The maximum Gasteiger partial charge on any atom is 0.223 e. The lowest BCUT2D eigenvalue weighted by Crippen LogP contribution is -2.41. The average molecular weight is 377 g/mol. The Morgan fingerprint density at radius 1 is 1.12 bits per heavy atom. The third kappa shape index (κ3) is 4.43. The van der Waals surface area contributed by atoms with E-state index in [0.717, 1.165) is 25.8 Å². The van der Waals surface area contributed by atoms with Gasteiger partial charge in [-0.1, -0.05) is 42.7 Å². The summed E-state index contributed by atoms with van der Waals surface area (Å²) in [6.45, 7) is 3.09. The summed E-state index contributed by atoms with van der Waals surface area (Å²) >= 11 is 0. The number of nitrogens with one attached hydrogen (secondary N) is 1. The van der Waals surface area contributed by atoms with E-state index in [0.29, 0.717) is 23.9 Å². The number of benzene rings is 1. The maximum absolute atomic E-state index is 13.2. The summed E-state index contributed by atoms with van der Waals surface area (Å²) in [5, 5.41) is 3.70. The lowest BCUT2D eigenvalue weighted by Gasteiger charge is -2.34. The number of halogens is 1. The molecular weight excluding hydrogens is 344 g/mol. The third-order valence-corrected chi connectivity index (χ3v) is 6.53. The van der Waals surface area contributed by atoms with Crippen molar-refractivity contribution >= 4 is 18.3 Å². The molecule has 1 amide bonds. The van der Waals surface area contributed by atoms with Gasteiger partial charge in [0.2, 0.25) is 5.91 Å². The number of amides is 1. The third-order valence-electron chi connectivity index (χ3n) is 6.53. The summed E-state index contributed by atoms with van der Waals surface area (Å²) in [6, 6.07) is 10.4. The van der Waals surface area contributed by atoms with Crippen molar-refractivity contribution in [3.8, 4) is 0 Å². The van der Waals surface area contributed by atoms with Crippen LogP contribution in [0.1, 0.15) is 75.0 Å². The van der Waals surface area contributed by atoms with E-state index in [1.165, 1.54) is 49.7 Å². The Morgan fingerprint density at radius 3 is 2.62 bits per heavy atom. The second-order valence-electron chi connectivity index (χ2n) is 8.55. The molecule has 3 nitrogen and oxygen atoms in total. The second-order valence-corrected chi connectivity index (χ2v) is 8.55. The van der Waals surface area contributed by atoms with Crippen LogP contribution in [-0.4, -0.2) is 29.4 Å². The van der Waals surface area contributed by atoms with Crippen LogP contribution in [0.3, 0.4) is 0 Å². The second kappa shape index (κ2) is 8.75. The topological polar surface area (TPSA) is 32.3 Å². The molecule has 3 atom stereocenters. The summed E-state index contributed by atoms with van der Waals surface area (Å²) < 4.78 is 0. The Hall–Kier alpha value is -1.06. The lowest BCUT2D eigenvalue weighted by atomic mass is 9.89. The number of carbonyl (C=O) groups excluding carboxylic acids is 1. The standard InChI is InChI=1S/C22H32N2O.ClH/c1-16-6-5-7-18(12-16)21-8-3-2-4-11-24(21)22(25)15-17-13-19-9-10-20(14-17)23-19;/h5-7,12,17,19-21,23H,2-4,8-11,13-15H2,1H3;1H. The van der Waals surface area contributed by atoms with Gasteiger partial charge in [-0.05, 0) is 56.9 Å². The molecule has 1 N–H and O–H groups in total. The van der Waals surface area contributed by atoms with Gasteiger partial charge in [-0.3, -0.25) is 4.79 Å². The Kier molecular flexibility index (Phi) is 6.63. The van der Waals surface area contributed by atoms with E-state index in [1.807, 2.05) is 0 Å². The molecule has 3 fully saturated rings.